The van der Waals surface area contributed by atoms with Gasteiger partial charge < -0.3 is 10.1 Å². The summed E-state index contributed by atoms with van der Waals surface area (Å²) < 4.78 is 5.83. The summed E-state index contributed by atoms with van der Waals surface area (Å²) in [5, 5.41) is 11.4. The van der Waals surface area contributed by atoms with E-state index in [1.165, 1.54) is 42.6 Å². The first kappa shape index (κ1) is 23.7. The first-order chi connectivity index (χ1) is 18.6. The third kappa shape index (κ3) is 4.16. The molecular formula is C30H31N5O2S. The molecule has 2 aromatic carbocycles. The number of likely N-dealkylation sites (tertiary alicyclic amines) is 1. The van der Waals surface area contributed by atoms with Crippen LogP contribution >= 0.6 is 12.6 Å². The lowest BCUT2D eigenvalue weighted by molar-refractivity contribution is 0.0957. The van der Waals surface area contributed by atoms with Gasteiger partial charge >= 0.3 is 0 Å². The minimum absolute atomic E-state index is 0.000124. The number of H-pyrrole nitrogens is 1. The molecule has 1 saturated heterocycles. The Labute approximate surface area is 227 Å². The van der Waals surface area contributed by atoms with Crippen LogP contribution in [0, 0.1) is 0 Å². The molecule has 7 rings (SSSR count). The van der Waals surface area contributed by atoms with Crippen molar-refractivity contribution in [3.63, 3.8) is 0 Å². The molecule has 1 amide bonds. The van der Waals surface area contributed by atoms with Gasteiger partial charge in [-0.05, 0) is 86.5 Å². The van der Waals surface area contributed by atoms with E-state index in [-0.39, 0.29) is 10.8 Å². The first-order valence-electron chi connectivity index (χ1n) is 13.6. The van der Waals surface area contributed by atoms with Crippen molar-refractivity contribution in [3.05, 3.63) is 65.4 Å². The Morgan fingerprint density at radius 1 is 0.947 bits per heavy atom. The molecule has 2 aliphatic heterocycles. The summed E-state index contributed by atoms with van der Waals surface area (Å²) in [6, 6.07) is 14.7. The molecule has 1 fully saturated rings. The van der Waals surface area contributed by atoms with Crippen molar-refractivity contribution in [3.8, 4) is 28.1 Å². The Balaban J connectivity index is 1.21. The molecule has 3 aliphatic rings. The van der Waals surface area contributed by atoms with Crippen molar-refractivity contribution in [2.45, 2.75) is 43.4 Å². The lowest BCUT2D eigenvalue weighted by atomic mass is 9.96. The second kappa shape index (κ2) is 9.43. The fourth-order valence-corrected chi connectivity index (χ4v) is 6.63. The van der Waals surface area contributed by atoms with Crippen LogP contribution in [0.15, 0.2) is 48.7 Å². The topological polar surface area (TPSA) is 83.1 Å². The quantitative estimate of drug-likeness (QED) is 0.259. The predicted octanol–water partition coefficient (Wildman–Crippen LogP) is 5.01. The van der Waals surface area contributed by atoms with Crippen LogP contribution in [0.2, 0.25) is 0 Å². The highest BCUT2D eigenvalue weighted by Crippen LogP contribution is 2.39. The van der Waals surface area contributed by atoms with Gasteiger partial charge in [0.05, 0.1) is 22.7 Å². The Bertz CT molecular complexity index is 1540. The zero-order valence-corrected chi connectivity index (χ0v) is 22.2. The monoisotopic (exact) mass is 525 g/mol. The number of thiol groups is 1. The number of aromatic nitrogens is 3. The molecule has 0 radical (unpaired) electrons. The molecule has 4 aromatic rings. The second-order valence-electron chi connectivity index (χ2n) is 10.7. The number of carbonyl (C=O) groups is 1. The van der Waals surface area contributed by atoms with E-state index >= 15 is 0 Å². The van der Waals surface area contributed by atoms with Gasteiger partial charge in [-0.3, -0.25) is 14.8 Å². The molecular weight excluding hydrogens is 494 g/mol. The summed E-state index contributed by atoms with van der Waals surface area (Å²) in [5.74, 6) is 0.477. The molecule has 0 saturated carbocycles. The number of pyridine rings is 1. The van der Waals surface area contributed by atoms with Crippen LogP contribution in [-0.4, -0.2) is 57.1 Å². The van der Waals surface area contributed by atoms with Gasteiger partial charge in [0.2, 0.25) is 0 Å². The van der Waals surface area contributed by atoms with Crippen molar-refractivity contribution in [1.29, 1.82) is 0 Å². The van der Waals surface area contributed by atoms with E-state index in [9.17, 15) is 4.79 Å². The van der Waals surface area contributed by atoms with E-state index in [0.717, 1.165) is 47.9 Å². The zero-order valence-electron chi connectivity index (χ0n) is 21.3. The van der Waals surface area contributed by atoms with Crippen LogP contribution in [-0.2, 0) is 12.8 Å². The molecule has 2 aromatic heterocycles. The number of aryl methyl sites for hydroxylation is 2. The van der Waals surface area contributed by atoms with Crippen molar-refractivity contribution in [2.24, 2.45) is 0 Å². The van der Waals surface area contributed by atoms with Gasteiger partial charge in [-0.2, -0.15) is 17.7 Å². The number of hydrogen-bond donors (Lipinski definition) is 3. The summed E-state index contributed by atoms with van der Waals surface area (Å²) in [4.78, 5) is 19.6. The third-order valence-electron chi connectivity index (χ3n) is 8.39. The Kier molecular flexibility index (Phi) is 5.89. The van der Waals surface area contributed by atoms with Gasteiger partial charge in [-0.1, -0.05) is 24.3 Å². The highest BCUT2D eigenvalue weighted by molar-refractivity contribution is 7.81. The second-order valence-corrected chi connectivity index (χ2v) is 11.5. The summed E-state index contributed by atoms with van der Waals surface area (Å²) in [7, 11) is 0. The average molecular weight is 526 g/mol. The smallest absolute Gasteiger partial charge is 0.255 e. The van der Waals surface area contributed by atoms with Crippen LogP contribution in [0.25, 0.3) is 33.4 Å². The average Bonchev–Trinajstić information content (AvgIpc) is 3.56. The highest BCUT2D eigenvalue weighted by Gasteiger charge is 2.36. The van der Waals surface area contributed by atoms with E-state index in [2.05, 4.69) is 49.7 Å². The van der Waals surface area contributed by atoms with Gasteiger partial charge in [0.25, 0.3) is 5.91 Å². The SMILES string of the molecule is O=C1NCCOc2cc(-c3[nH]nc4ncc(-c5ccc6c(c5)CCC(S)(N5CCCC5)CC6)cc34)ccc21. The number of hydrogen-bond acceptors (Lipinski definition) is 6. The number of aromatic amines is 1. The van der Waals surface area contributed by atoms with Crippen molar-refractivity contribution >= 4 is 29.6 Å². The minimum Gasteiger partial charge on any atom is -0.491 e. The number of amides is 1. The molecule has 0 spiro atoms. The molecule has 38 heavy (non-hydrogen) atoms. The fourth-order valence-electron chi connectivity index (χ4n) is 6.21. The number of benzene rings is 2. The minimum atomic E-state index is -0.110. The van der Waals surface area contributed by atoms with E-state index in [0.29, 0.717) is 30.1 Å². The van der Waals surface area contributed by atoms with Crippen molar-refractivity contribution in [1.82, 2.24) is 25.4 Å². The molecule has 7 nitrogen and oxygen atoms in total. The molecule has 8 heteroatoms. The molecule has 4 heterocycles. The lowest BCUT2D eigenvalue weighted by Gasteiger charge is -2.37. The highest BCUT2D eigenvalue weighted by atomic mass is 32.1. The zero-order chi connectivity index (χ0) is 25.7. The van der Waals surface area contributed by atoms with Crippen molar-refractivity contribution in [2.75, 3.05) is 26.2 Å². The van der Waals surface area contributed by atoms with E-state index in [4.69, 9.17) is 17.4 Å². The van der Waals surface area contributed by atoms with E-state index < -0.39 is 0 Å². The number of carbonyl (C=O) groups excluding carboxylic acids is 1. The van der Waals surface area contributed by atoms with Crippen LogP contribution in [0.5, 0.6) is 5.75 Å². The lowest BCUT2D eigenvalue weighted by Crippen LogP contribution is -2.42. The fraction of sp³-hybridized carbons (Fsp3) is 0.367. The molecule has 1 atom stereocenters. The maximum Gasteiger partial charge on any atom is 0.255 e. The van der Waals surface area contributed by atoms with Gasteiger partial charge in [0, 0.05) is 22.7 Å². The summed E-state index contributed by atoms with van der Waals surface area (Å²) in [5.41, 5.74) is 8.09. The largest absolute Gasteiger partial charge is 0.491 e. The number of nitrogens with one attached hydrogen (secondary N) is 2. The predicted molar refractivity (Wildman–Crippen MR) is 152 cm³/mol. The van der Waals surface area contributed by atoms with Crippen LogP contribution in [0.3, 0.4) is 0 Å². The first-order valence-corrected chi connectivity index (χ1v) is 14.0. The van der Waals surface area contributed by atoms with Gasteiger partial charge in [0.15, 0.2) is 5.65 Å². The van der Waals surface area contributed by atoms with Gasteiger partial charge in [0.1, 0.15) is 12.4 Å². The number of ether oxygens (including phenoxy) is 1. The Morgan fingerprint density at radius 3 is 2.63 bits per heavy atom. The molecule has 0 bridgehead atoms. The number of nitrogens with zero attached hydrogens (tertiary/aromatic N) is 3. The van der Waals surface area contributed by atoms with E-state index in [1.807, 2.05) is 24.4 Å². The maximum absolute atomic E-state index is 12.3. The Morgan fingerprint density at radius 2 is 1.76 bits per heavy atom. The van der Waals surface area contributed by atoms with Crippen LogP contribution in [0.1, 0.15) is 47.2 Å². The van der Waals surface area contributed by atoms with E-state index in [1.54, 1.807) is 0 Å². The van der Waals surface area contributed by atoms with Gasteiger partial charge in [-0.25, -0.2) is 4.98 Å². The standard InChI is InChI=1S/C30H31N5O2S/c36-29-24-6-5-22(17-26(24)37-14-11-31-29)27-25-16-23(18-32-28(25)34-33-27)20-4-3-19-7-9-30(38,10-8-21(19)15-20)35-12-1-2-13-35/h3-6,15-18,38H,1-2,7-14H2,(H,31,36)(H,32,33,34). The molecule has 1 aliphatic carbocycles. The maximum atomic E-state index is 12.3. The normalized spacial score (nSPS) is 21.8. The summed E-state index contributed by atoms with van der Waals surface area (Å²) >= 11 is 5.21. The number of rotatable bonds is 3. The molecule has 194 valence electrons. The van der Waals surface area contributed by atoms with Crippen LogP contribution in [0.4, 0.5) is 0 Å². The third-order valence-corrected chi connectivity index (χ3v) is 9.12. The molecule has 1 unspecified atom stereocenters. The summed E-state index contributed by atoms with van der Waals surface area (Å²) in [6.45, 7) is 3.29. The van der Waals surface area contributed by atoms with Gasteiger partial charge in [-0.15, -0.1) is 0 Å². The van der Waals surface area contributed by atoms with Crippen molar-refractivity contribution < 1.29 is 9.53 Å². The summed E-state index contributed by atoms with van der Waals surface area (Å²) in [6.07, 6.45) is 8.77. The van der Waals surface area contributed by atoms with Crippen LogP contribution < -0.4 is 10.1 Å². The number of fused-ring (bicyclic) bond motifs is 3. The molecule has 2 N–H and O–H groups in total. The Hall–Kier alpha value is -3.36.